The van der Waals surface area contributed by atoms with Gasteiger partial charge in [0.05, 0.1) is 5.56 Å². The molecular weight excluding hydrogens is 205 g/mol. The Morgan fingerprint density at radius 2 is 1.93 bits per heavy atom. The van der Waals surface area contributed by atoms with Crippen LogP contribution in [-0.2, 0) is 6.18 Å². The lowest BCUT2D eigenvalue weighted by Gasteiger charge is -2.14. The molecule has 2 nitrogen and oxygen atoms in total. The van der Waals surface area contributed by atoms with Crippen LogP contribution in [0.3, 0.4) is 0 Å². The molecule has 0 aromatic heterocycles. The second-order valence-corrected chi connectivity index (χ2v) is 3.48. The zero-order chi connectivity index (χ0) is 11.6. The summed E-state index contributed by atoms with van der Waals surface area (Å²) >= 11 is 0. The molecule has 1 atom stereocenters. The Labute approximate surface area is 86.1 Å². The third-order valence-electron chi connectivity index (χ3n) is 2.30. The summed E-state index contributed by atoms with van der Waals surface area (Å²) in [5.74, 6) is -0.0349. The lowest BCUT2D eigenvalue weighted by atomic mass is 9.98. The summed E-state index contributed by atoms with van der Waals surface area (Å²) in [4.78, 5) is 0. The molecule has 0 saturated heterocycles. The van der Waals surface area contributed by atoms with E-state index >= 15 is 0 Å². The minimum absolute atomic E-state index is 0.0349. The molecule has 5 heteroatoms. The van der Waals surface area contributed by atoms with Gasteiger partial charge in [-0.05, 0) is 30.2 Å². The van der Waals surface area contributed by atoms with E-state index in [-0.39, 0.29) is 11.6 Å². The summed E-state index contributed by atoms with van der Waals surface area (Å²) in [5.41, 5.74) is 11.0. The van der Waals surface area contributed by atoms with Crippen LogP contribution in [0.25, 0.3) is 0 Å². The monoisotopic (exact) mass is 218 g/mol. The molecule has 0 bridgehead atoms. The zero-order valence-electron chi connectivity index (χ0n) is 8.31. The number of rotatable bonds is 2. The quantitative estimate of drug-likeness (QED) is 0.748. The number of nitrogen functional groups attached to an aromatic ring is 1. The fourth-order valence-corrected chi connectivity index (χ4v) is 1.33. The molecule has 0 spiro atoms. The molecule has 0 aliphatic heterocycles. The van der Waals surface area contributed by atoms with Crippen LogP contribution >= 0.6 is 0 Å². The van der Waals surface area contributed by atoms with E-state index in [1.54, 1.807) is 0 Å². The predicted molar refractivity (Wildman–Crippen MR) is 53.3 cm³/mol. The maximum absolute atomic E-state index is 12.3. The lowest BCUT2D eigenvalue weighted by Crippen LogP contribution is -2.12. The maximum atomic E-state index is 12.3. The fraction of sp³-hybridized carbons (Fsp3) is 0.400. The van der Waals surface area contributed by atoms with Gasteiger partial charge in [-0.15, -0.1) is 0 Å². The number of alkyl halides is 3. The molecule has 0 amide bonds. The van der Waals surface area contributed by atoms with Crippen LogP contribution in [0.1, 0.15) is 24.0 Å². The lowest BCUT2D eigenvalue weighted by molar-refractivity contribution is -0.137. The van der Waals surface area contributed by atoms with Crippen molar-refractivity contribution in [1.82, 2.24) is 0 Å². The van der Waals surface area contributed by atoms with E-state index in [1.807, 2.05) is 6.92 Å². The minimum Gasteiger partial charge on any atom is -0.398 e. The van der Waals surface area contributed by atoms with E-state index in [1.165, 1.54) is 6.07 Å². The van der Waals surface area contributed by atoms with E-state index in [0.717, 1.165) is 12.1 Å². The molecule has 0 saturated carbocycles. The van der Waals surface area contributed by atoms with Crippen LogP contribution in [0.2, 0.25) is 0 Å². The molecule has 15 heavy (non-hydrogen) atoms. The van der Waals surface area contributed by atoms with Gasteiger partial charge in [-0.2, -0.15) is 13.2 Å². The standard InChI is InChI=1S/C10H13F3N2/c1-6(5-14)8-3-2-7(4-9(8)15)10(11,12)13/h2-4,6H,5,14-15H2,1H3. The first-order valence-corrected chi connectivity index (χ1v) is 4.53. The molecule has 1 unspecified atom stereocenters. The van der Waals surface area contributed by atoms with Gasteiger partial charge in [-0.25, -0.2) is 0 Å². The molecule has 84 valence electrons. The van der Waals surface area contributed by atoms with Gasteiger partial charge < -0.3 is 11.5 Å². The number of benzene rings is 1. The van der Waals surface area contributed by atoms with Gasteiger partial charge >= 0.3 is 6.18 Å². The van der Waals surface area contributed by atoms with E-state index in [2.05, 4.69) is 0 Å². The Morgan fingerprint density at radius 1 is 1.33 bits per heavy atom. The summed E-state index contributed by atoms with van der Waals surface area (Å²) in [5, 5.41) is 0. The third-order valence-corrected chi connectivity index (χ3v) is 2.30. The highest BCUT2D eigenvalue weighted by molar-refractivity contribution is 5.51. The summed E-state index contributed by atoms with van der Waals surface area (Å²) < 4.78 is 36.9. The average molecular weight is 218 g/mol. The van der Waals surface area contributed by atoms with Gasteiger partial charge in [-0.1, -0.05) is 13.0 Å². The van der Waals surface area contributed by atoms with Crippen LogP contribution in [0.4, 0.5) is 18.9 Å². The molecule has 1 aromatic rings. The molecule has 0 radical (unpaired) electrons. The molecule has 0 aliphatic rings. The molecule has 0 heterocycles. The van der Waals surface area contributed by atoms with Gasteiger partial charge in [0.1, 0.15) is 0 Å². The molecule has 4 N–H and O–H groups in total. The van der Waals surface area contributed by atoms with Crippen molar-refractivity contribution < 1.29 is 13.2 Å². The van der Waals surface area contributed by atoms with E-state index < -0.39 is 11.7 Å². The van der Waals surface area contributed by atoms with Crippen LogP contribution < -0.4 is 11.5 Å². The van der Waals surface area contributed by atoms with E-state index in [9.17, 15) is 13.2 Å². The third kappa shape index (κ3) is 2.62. The molecule has 1 aromatic carbocycles. The fourth-order valence-electron chi connectivity index (χ4n) is 1.33. The van der Waals surface area contributed by atoms with Crippen molar-refractivity contribution in [3.63, 3.8) is 0 Å². The number of nitrogens with two attached hydrogens (primary N) is 2. The summed E-state index contributed by atoms with van der Waals surface area (Å²) in [6.07, 6.45) is -4.35. The predicted octanol–water partition coefficient (Wildman–Crippen LogP) is 2.35. The van der Waals surface area contributed by atoms with Crippen molar-refractivity contribution in [1.29, 1.82) is 0 Å². The van der Waals surface area contributed by atoms with Gasteiger partial charge in [0.25, 0.3) is 0 Å². The van der Waals surface area contributed by atoms with E-state index in [0.29, 0.717) is 12.1 Å². The highest BCUT2D eigenvalue weighted by Gasteiger charge is 2.30. The molecule has 1 rings (SSSR count). The van der Waals surface area contributed by atoms with Crippen LogP contribution in [0.15, 0.2) is 18.2 Å². The van der Waals surface area contributed by atoms with Crippen molar-refractivity contribution >= 4 is 5.69 Å². The highest BCUT2D eigenvalue weighted by Crippen LogP contribution is 2.32. The SMILES string of the molecule is CC(CN)c1ccc(C(F)(F)F)cc1N. The topological polar surface area (TPSA) is 52.0 Å². The summed E-state index contributed by atoms with van der Waals surface area (Å²) in [6, 6.07) is 3.36. The highest BCUT2D eigenvalue weighted by atomic mass is 19.4. The van der Waals surface area contributed by atoms with Crippen molar-refractivity contribution in [2.75, 3.05) is 12.3 Å². The van der Waals surface area contributed by atoms with Crippen molar-refractivity contribution in [3.05, 3.63) is 29.3 Å². The molecular formula is C10H13F3N2. The molecule has 0 fully saturated rings. The van der Waals surface area contributed by atoms with E-state index in [4.69, 9.17) is 11.5 Å². The van der Waals surface area contributed by atoms with Crippen LogP contribution in [0, 0.1) is 0 Å². The van der Waals surface area contributed by atoms with Crippen molar-refractivity contribution in [2.45, 2.75) is 19.0 Å². The largest absolute Gasteiger partial charge is 0.416 e. The first-order chi connectivity index (χ1) is 6.86. The second kappa shape index (κ2) is 4.10. The summed E-state index contributed by atoms with van der Waals surface area (Å²) in [7, 11) is 0. The number of hydrogen-bond donors (Lipinski definition) is 2. The van der Waals surface area contributed by atoms with Gasteiger partial charge in [-0.3, -0.25) is 0 Å². The van der Waals surface area contributed by atoms with Crippen molar-refractivity contribution in [2.24, 2.45) is 5.73 Å². The number of hydrogen-bond acceptors (Lipinski definition) is 2. The Morgan fingerprint density at radius 3 is 2.33 bits per heavy atom. The minimum atomic E-state index is -4.35. The van der Waals surface area contributed by atoms with Crippen molar-refractivity contribution in [3.8, 4) is 0 Å². The second-order valence-electron chi connectivity index (χ2n) is 3.48. The van der Waals surface area contributed by atoms with Crippen LogP contribution in [-0.4, -0.2) is 6.54 Å². The zero-order valence-corrected chi connectivity index (χ0v) is 8.31. The van der Waals surface area contributed by atoms with Crippen LogP contribution in [0.5, 0.6) is 0 Å². The summed E-state index contributed by atoms with van der Waals surface area (Å²) in [6.45, 7) is 2.18. The average Bonchev–Trinajstić information content (AvgIpc) is 2.15. The van der Waals surface area contributed by atoms with Gasteiger partial charge in [0.15, 0.2) is 0 Å². The Balaban J connectivity index is 3.09. The first kappa shape index (κ1) is 11.8. The Bertz CT molecular complexity index is 347. The molecule has 0 aliphatic carbocycles. The number of halogens is 3. The normalized spacial score (nSPS) is 13.9. The maximum Gasteiger partial charge on any atom is 0.416 e. The Hall–Kier alpha value is -1.23. The van der Waals surface area contributed by atoms with Gasteiger partial charge in [0.2, 0.25) is 0 Å². The van der Waals surface area contributed by atoms with Gasteiger partial charge in [0, 0.05) is 5.69 Å². The first-order valence-electron chi connectivity index (χ1n) is 4.53. The Kier molecular flexibility index (Phi) is 3.24. The smallest absolute Gasteiger partial charge is 0.398 e. The number of anilines is 1.